The van der Waals surface area contributed by atoms with Gasteiger partial charge in [0.2, 0.25) is 0 Å². The van der Waals surface area contributed by atoms with E-state index in [1.54, 1.807) is 24.3 Å². The average Bonchev–Trinajstić information content (AvgIpc) is 3.67. The first-order valence-corrected chi connectivity index (χ1v) is 16.8. The van der Waals surface area contributed by atoms with Crippen LogP contribution in [0.25, 0.3) is 65.7 Å². The van der Waals surface area contributed by atoms with E-state index in [1.807, 2.05) is 127 Å². The van der Waals surface area contributed by atoms with Crippen LogP contribution >= 0.6 is 0 Å². The molecule has 52 heavy (non-hydrogen) atoms. The molecule has 0 N–H and O–H groups in total. The van der Waals surface area contributed by atoms with Crippen LogP contribution in [-0.2, 0) is 0 Å². The molecule has 6 heteroatoms. The number of benzene rings is 7. The Morgan fingerprint density at radius 2 is 1.17 bits per heavy atom. The number of anilines is 1. The zero-order valence-corrected chi connectivity index (χ0v) is 27.6. The second-order valence-corrected chi connectivity index (χ2v) is 12.7. The van der Waals surface area contributed by atoms with Gasteiger partial charge in [-0.2, -0.15) is 5.26 Å². The van der Waals surface area contributed by atoms with E-state index in [9.17, 15) is 14.9 Å². The zero-order valence-electron chi connectivity index (χ0n) is 27.6. The van der Waals surface area contributed by atoms with Crippen LogP contribution in [0.15, 0.2) is 158 Å². The van der Waals surface area contributed by atoms with Crippen LogP contribution < -0.4 is 4.90 Å². The molecule has 1 aliphatic heterocycles. The van der Waals surface area contributed by atoms with Crippen LogP contribution in [0.3, 0.4) is 0 Å². The zero-order chi connectivity index (χ0) is 35.3. The standard InChI is InChI=1S/C46H26N4O2/c1-48-34-25-29(28-47)24-33(26-34)32-22-23-41-39(27-32)37-16-8-9-20-40(37)49(41)42-21-11-19-38-43(42)46(52)50(45(38)51)44-35(30-12-4-2-5-13-30)17-10-18-36(44)31-14-6-3-7-15-31/h2-27H. The third kappa shape index (κ3) is 4.71. The number of carbonyl (C=O) groups is 2. The van der Waals surface area contributed by atoms with Gasteiger partial charge >= 0.3 is 0 Å². The second kappa shape index (κ2) is 12.1. The quantitative estimate of drug-likeness (QED) is 0.136. The molecule has 0 saturated carbocycles. The molecule has 6 nitrogen and oxygen atoms in total. The molecule has 8 aromatic rings. The number of hydrogen-bond donors (Lipinski definition) is 0. The Morgan fingerprint density at radius 1 is 0.538 bits per heavy atom. The van der Waals surface area contributed by atoms with E-state index in [0.29, 0.717) is 33.8 Å². The summed E-state index contributed by atoms with van der Waals surface area (Å²) in [5.74, 6) is -0.767. The summed E-state index contributed by atoms with van der Waals surface area (Å²) < 4.78 is 2.05. The van der Waals surface area contributed by atoms with Crippen LogP contribution in [0.1, 0.15) is 26.3 Å². The first-order valence-electron chi connectivity index (χ1n) is 16.8. The van der Waals surface area contributed by atoms with E-state index in [1.165, 1.54) is 4.90 Å². The van der Waals surface area contributed by atoms with E-state index in [-0.39, 0.29) is 5.91 Å². The van der Waals surface area contributed by atoms with Gasteiger partial charge in [-0.3, -0.25) is 9.59 Å². The van der Waals surface area contributed by atoms with Gasteiger partial charge in [-0.05, 0) is 70.8 Å². The number of nitrogens with zero attached hydrogens (tertiary/aromatic N) is 4. The fraction of sp³-hybridized carbons (Fsp3) is 0. The Bertz CT molecular complexity index is 2770. The molecule has 0 saturated heterocycles. The van der Waals surface area contributed by atoms with Gasteiger partial charge in [0.1, 0.15) is 0 Å². The lowest BCUT2D eigenvalue weighted by molar-refractivity contribution is 0.0926. The lowest BCUT2D eigenvalue weighted by Crippen LogP contribution is -2.30. The number of hydrogen-bond acceptors (Lipinski definition) is 3. The Balaban J connectivity index is 1.25. The predicted molar refractivity (Wildman–Crippen MR) is 206 cm³/mol. The van der Waals surface area contributed by atoms with Crippen LogP contribution in [0.2, 0.25) is 0 Å². The van der Waals surface area contributed by atoms with E-state index >= 15 is 0 Å². The summed E-state index contributed by atoms with van der Waals surface area (Å²) in [6.07, 6.45) is 0. The molecule has 9 rings (SSSR count). The van der Waals surface area contributed by atoms with Crippen molar-refractivity contribution in [3.63, 3.8) is 0 Å². The highest BCUT2D eigenvalue weighted by Crippen LogP contribution is 2.45. The first kappa shape index (κ1) is 30.5. The van der Waals surface area contributed by atoms with E-state index < -0.39 is 5.91 Å². The molecule has 1 aromatic heterocycles. The van der Waals surface area contributed by atoms with Crippen molar-refractivity contribution >= 4 is 45.0 Å². The number of amides is 2. The first-order chi connectivity index (χ1) is 25.6. The van der Waals surface area contributed by atoms with E-state index in [0.717, 1.165) is 55.2 Å². The van der Waals surface area contributed by atoms with Crippen molar-refractivity contribution in [2.75, 3.05) is 4.90 Å². The van der Waals surface area contributed by atoms with Gasteiger partial charge in [0.25, 0.3) is 11.8 Å². The van der Waals surface area contributed by atoms with Gasteiger partial charge in [-0.15, -0.1) is 0 Å². The average molecular weight is 667 g/mol. The Labute approximate surface area is 299 Å². The van der Waals surface area contributed by atoms with E-state index in [4.69, 9.17) is 6.57 Å². The van der Waals surface area contributed by atoms with Crippen molar-refractivity contribution in [1.82, 2.24) is 4.57 Å². The highest BCUT2D eigenvalue weighted by Gasteiger charge is 2.41. The minimum absolute atomic E-state index is 0.338. The summed E-state index contributed by atoms with van der Waals surface area (Å²) >= 11 is 0. The van der Waals surface area contributed by atoms with Crippen LogP contribution in [0.5, 0.6) is 0 Å². The molecule has 0 spiro atoms. The van der Waals surface area contributed by atoms with Crippen molar-refractivity contribution in [1.29, 1.82) is 5.26 Å². The molecule has 0 radical (unpaired) electrons. The third-order valence-electron chi connectivity index (χ3n) is 9.74. The molecule has 1 aliphatic rings. The number of imide groups is 1. The number of para-hydroxylation sites is 2. The molecule has 0 atom stereocenters. The number of nitriles is 1. The summed E-state index contributed by atoms with van der Waals surface area (Å²) in [5, 5.41) is 11.5. The number of fused-ring (bicyclic) bond motifs is 4. The number of aromatic nitrogens is 1. The van der Waals surface area contributed by atoms with Crippen molar-refractivity contribution in [2.24, 2.45) is 0 Å². The Kier molecular flexibility index (Phi) is 7.10. The minimum atomic E-state index is -0.390. The Morgan fingerprint density at radius 3 is 1.87 bits per heavy atom. The molecule has 7 aromatic carbocycles. The van der Waals surface area contributed by atoms with Gasteiger partial charge in [0.15, 0.2) is 5.69 Å². The summed E-state index contributed by atoms with van der Waals surface area (Å²) in [7, 11) is 0. The van der Waals surface area contributed by atoms with Crippen LogP contribution in [-0.4, -0.2) is 16.4 Å². The second-order valence-electron chi connectivity index (χ2n) is 12.7. The highest BCUT2D eigenvalue weighted by molar-refractivity contribution is 6.37. The molecule has 0 fully saturated rings. The molecule has 0 unspecified atom stereocenters. The maximum Gasteiger partial charge on any atom is 0.268 e. The van der Waals surface area contributed by atoms with Gasteiger partial charge in [0.05, 0.1) is 46.2 Å². The molecular weight excluding hydrogens is 641 g/mol. The lowest BCUT2D eigenvalue weighted by Gasteiger charge is -2.23. The number of carbonyl (C=O) groups excluding carboxylic acids is 2. The fourth-order valence-corrected chi connectivity index (χ4v) is 7.46. The summed E-state index contributed by atoms with van der Waals surface area (Å²) in [6, 6.07) is 52.3. The number of rotatable bonds is 5. The van der Waals surface area contributed by atoms with Crippen molar-refractivity contribution < 1.29 is 9.59 Å². The Hall–Kier alpha value is -7.54. The smallest absolute Gasteiger partial charge is 0.268 e. The van der Waals surface area contributed by atoms with Crippen LogP contribution in [0.4, 0.5) is 11.4 Å². The summed E-state index contributed by atoms with van der Waals surface area (Å²) in [5.41, 5.74) is 9.37. The van der Waals surface area contributed by atoms with Crippen LogP contribution in [0, 0.1) is 17.9 Å². The van der Waals surface area contributed by atoms with Gasteiger partial charge in [0, 0.05) is 27.5 Å². The maximum absolute atomic E-state index is 15.0. The van der Waals surface area contributed by atoms with Crippen molar-refractivity contribution in [3.05, 3.63) is 186 Å². The fourth-order valence-electron chi connectivity index (χ4n) is 7.46. The van der Waals surface area contributed by atoms with Crippen molar-refractivity contribution in [2.45, 2.75) is 0 Å². The minimum Gasteiger partial charge on any atom is -0.308 e. The largest absolute Gasteiger partial charge is 0.308 e. The van der Waals surface area contributed by atoms with Gasteiger partial charge < -0.3 is 4.57 Å². The molecule has 0 bridgehead atoms. The lowest BCUT2D eigenvalue weighted by atomic mass is 9.95. The normalized spacial score (nSPS) is 12.2. The highest BCUT2D eigenvalue weighted by atomic mass is 16.2. The molecule has 0 aliphatic carbocycles. The topological polar surface area (TPSA) is 70.5 Å². The summed E-state index contributed by atoms with van der Waals surface area (Å²) in [6.45, 7) is 7.54. The monoisotopic (exact) mass is 666 g/mol. The SMILES string of the molecule is [C-]#[N+]c1cc(C#N)cc(-c2ccc3c(c2)c2ccccc2n3-c2cccc3c2C(=O)N(c2c(-c4ccccc4)cccc2-c2ccccc2)C3=O)c1. The van der Waals surface area contributed by atoms with Gasteiger partial charge in [-0.1, -0.05) is 109 Å². The van der Waals surface area contributed by atoms with Crippen molar-refractivity contribution in [3.8, 4) is 45.1 Å². The van der Waals surface area contributed by atoms with Gasteiger partial charge in [-0.25, -0.2) is 9.74 Å². The molecule has 2 amide bonds. The van der Waals surface area contributed by atoms with E-state index in [2.05, 4.69) is 21.5 Å². The summed E-state index contributed by atoms with van der Waals surface area (Å²) in [4.78, 5) is 34.5. The predicted octanol–water partition coefficient (Wildman–Crippen LogP) is 11.0. The third-order valence-corrected chi connectivity index (χ3v) is 9.74. The molecule has 2 heterocycles. The molecular formula is C46H26N4O2. The molecule has 242 valence electrons. The maximum atomic E-state index is 15.0.